The Labute approximate surface area is 110 Å². The summed E-state index contributed by atoms with van der Waals surface area (Å²) >= 11 is 0. The van der Waals surface area contributed by atoms with E-state index in [0.29, 0.717) is 12.2 Å². The number of aryl methyl sites for hydroxylation is 1. The molecule has 0 saturated heterocycles. The standard InChI is InChI=1S/C14H13FN2O2/c1-10-5-12(15)8-13(6-10)16-9-11-3-2-4-14(7-11)17(18)19/h2-8,16H,9H2,1H3. The Morgan fingerprint density at radius 3 is 2.74 bits per heavy atom. The van der Waals surface area contributed by atoms with Crippen molar-refractivity contribution in [3.63, 3.8) is 0 Å². The highest BCUT2D eigenvalue weighted by atomic mass is 19.1. The molecule has 19 heavy (non-hydrogen) atoms. The summed E-state index contributed by atoms with van der Waals surface area (Å²) in [7, 11) is 0. The summed E-state index contributed by atoms with van der Waals surface area (Å²) in [6.07, 6.45) is 0. The molecular formula is C14H13FN2O2. The van der Waals surface area contributed by atoms with E-state index in [0.717, 1.165) is 11.1 Å². The number of nitrogens with one attached hydrogen (secondary N) is 1. The van der Waals surface area contributed by atoms with Crippen molar-refractivity contribution in [1.82, 2.24) is 0 Å². The zero-order valence-electron chi connectivity index (χ0n) is 10.4. The molecule has 0 unspecified atom stereocenters. The number of benzene rings is 2. The van der Waals surface area contributed by atoms with Crippen molar-refractivity contribution in [2.24, 2.45) is 0 Å². The zero-order valence-corrected chi connectivity index (χ0v) is 10.4. The van der Waals surface area contributed by atoms with Crippen LogP contribution >= 0.6 is 0 Å². The molecule has 1 N–H and O–H groups in total. The fourth-order valence-electron chi connectivity index (χ4n) is 1.82. The van der Waals surface area contributed by atoms with Crippen LogP contribution < -0.4 is 5.32 Å². The summed E-state index contributed by atoms with van der Waals surface area (Å²) in [4.78, 5) is 10.2. The molecule has 0 bridgehead atoms. The Balaban J connectivity index is 2.10. The number of nitrogens with zero attached hydrogens (tertiary/aromatic N) is 1. The van der Waals surface area contributed by atoms with Crippen molar-refractivity contribution in [2.45, 2.75) is 13.5 Å². The molecule has 5 heteroatoms. The fraction of sp³-hybridized carbons (Fsp3) is 0.143. The maximum Gasteiger partial charge on any atom is 0.269 e. The Kier molecular flexibility index (Phi) is 3.75. The summed E-state index contributed by atoms with van der Waals surface area (Å²) in [6, 6.07) is 11.0. The van der Waals surface area contributed by atoms with Gasteiger partial charge in [0.15, 0.2) is 0 Å². The Morgan fingerprint density at radius 1 is 1.26 bits per heavy atom. The molecule has 0 heterocycles. The van der Waals surface area contributed by atoms with Crippen LogP contribution in [-0.4, -0.2) is 4.92 Å². The van der Waals surface area contributed by atoms with E-state index in [1.807, 2.05) is 13.0 Å². The second-order valence-corrected chi connectivity index (χ2v) is 4.30. The number of non-ortho nitro benzene ring substituents is 1. The highest BCUT2D eigenvalue weighted by Crippen LogP contribution is 2.17. The number of hydrogen-bond acceptors (Lipinski definition) is 3. The van der Waals surface area contributed by atoms with E-state index in [4.69, 9.17) is 0 Å². The fourth-order valence-corrected chi connectivity index (χ4v) is 1.82. The van der Waals surface area contributed by atoms with Gasteiger partial charge in [-0.1, -0.05) is 12.1 Å². The molecule has 0 aromatic heterocycles. The molecule has 0 amide bonds. The molecule has 0 spiro atoms. The van der Waals surface area contributed by atoms with Crippen LogP contribution in [0.1, 0.15) is 11.1 Å². The number of rotatable bonds is 4. The van der Waals surface area contributed by atoms with Gasteiger partial charge in [0.1, 0.15) is 5.82 Å². The first-order valence-corrected chi connectivity index (χ1v) is 5.79. The molecule has 4 nitrogen and oxygen atoms in total. The average molecular weight is 260 g/mol. The zero-order chi connectivity index (χ0) is 13.8. The van der Waals surface area contributed by atoms with Gasteiger partial charge in [0, 0.05) is 24.4 Å². The second-order valence-electron chi connectivity index (χ2n) is 4.30. The van der Waals surface area contributed by atoms with Crippen molar-refractivity contribution in [3.8, 4) is 0 Å². The van der Waals surface area contributed by atoms with Crippen molar-refractivity contribution >= 4 is 11.4 Å². The third kappa shape index (κ3) is 3.51. The van der Waals surface area contributed by atoms with E-state index in [1.54, 1.807) is 12.1 Å². The number of halogens is 1. The lowest BCUT2D eigenvalue weighted by molar-refractivity contribution is -0.384. The molecule has 98 valence electrons. The van der Waals surface area contributed by atoms with E-state index in [1.165, 1.54) is 24.3 Å². The van der Waals surface area contributed by atoms with Gasteiger partial charge >= 0.3 is 0 Å². The Morgan fingerprint density at radius 2 is 2.05 bits per heavy atom. The molecule has 0 aliphatic carbocycles. The average Bonchev–Trinajstić information content (AvgIpc) is 2.35. The van der Waals surface area contributed by atoms with E-state index in [9.17, 15) is 14.5 Å². The number of nitro benzene ring substituents is 1. The van der Waals surface area contributed by atoms with Crippen LogP contribution in [0.15, 0.2) is 42.5 Å². The number of hydrogen-bond donors (Lipinski definition) is 1. The van der Waals surface area contributed by atoms with Crippen LogP contribution in [0.2, 0.25) is 0 Å². The lowest BCUT2D eigenvalue weighted by atomic mass is 10.2. The van der Waals surface area contributed by atoms with E-state index in [2.05, 4.69) is 5.32 Å². The summed E-state index contributed by atoms with van der Waals surface area (Å²) in [5, 5.41) is 13.7. The molecular weight excluding hydrogens is 247 g/mol. The van der Waals surface area contributed by atoms with Crippen molar-refractivity contribution in [2.75, 3.05) is 5.32 Å². The van der Waals surface area contributed by atoms with Crippen molar-refractivity contribution < 1.29 is 9.31 Å². The maximum absolute atomic E-state index is 13.2. The number of nitro groups is 1. The van der Waals surface area contributed by atoms with Gasteiger partial charge in [0.2, 0.25) is 0 Å². The molecule has 2 aromatic rings. The van der Waals surface area contributed by atoms with E-state index in [-0.39, 0.29) is 11.5 Å². The highest BCUT2D eigenvalue weighted by Gasteiger charge is 2.05. The summed E-state index contributed by atoms with van der Waals surface area (Å²) in [5.74, 6) is -0.304. The summed E-state index contributed by atoms with van der Waals surface area (Å²) in [6.45, 7) is 2.21. The van der Waals surface area contributed by atoms with Crippen LogP contribution in [0.4, 0.5) is 15.8 Å². The molecule has 0 saturated carbocycles. The predicted octanol–water partition coefficient (Wildman–Crippen LogP) is 3.65. The van der Waals surface area contributed by atoms with Gasteiger partial charge < -0.3 is 5.32 Å². The minimum Gasteiger partial charge on any atom is -0.381 e. The molecule has 2 rings (SSSR count). The quantitative estimate of drug-likeness (QED) is 0.674. The second kappa shape index (κ2) is 5.48. The van der Waals surface area contributed by atoms with Crippen LogP contribution in [0.5, 0.6) is 0 Å². The highest BCUT2D eigenvalue weighted by molar-refractivity contribution is 5.47. The monoisotopic (exact) mass is 260 g/mol. The van der Waals surface area contributed by atoms with Crippen molar-refractivity contribution in [3.05, 3.63) is 69.5 Å². The molecule has 0 radical (unpaired) electrons. The predicted molar refractivity (Wildman–Crippen MR) is 71.6 cm³/mol. The largest absolute Gasteiger partial charge is 0.381 e. The first-order valence-electron chi connectivity index (χ1n) is 5.79. The van der Waals surface area contributed by atoms with Gasteiger partial charge in [-0.3, -0.25) is 10.1 Å². The Hall–Kier alpha value is -2.43. The summed E-state index contributed by atoms with van der Waals surface area (Å²) < 4.78 is 13.2. The molecule has 0 fully saturated rings. The first kappa shape index (κ1) is 13.0. The van der Waals surface area contributed by atoms with Gasteiger partial charge in [-0.2, -0.15) is 0 Å². The topological polar surface area (TPSA) is 55.2 Å². The van der Waals surface area contributed by atoms with Crippen LogP contribution in [-0.2, 0) is 6.54 Å². The SMILES string of the molecule is Cc1cc(F)cc(NCc2cccc([N+](=O)[O-])c2)c1. The molecule has 0 aliphatic rings. The van der Waals surface area contributed by atoms with Crippen molar-refractivity contribution in [1.29, 1.82) is 0 Å². The minimum atomic E-state index is -0.435. The normalized spacial score (nSPS) is 10.2. The number of anilines is 1. The van der Waals surface area contributed by atoms with E-state index >= 15 is 0 Å². The van der Waals surface area contributed by atoms with Gasteiger partial charge in [-0.15, -0.1) is 0 Å². The van der Waals surface area contributed by atoms with Gasteiger partial charge in [-0.05, 0) is 36.2 Å². The first-order chi connectivity index (χ1) is 9.04. The van der Waals surface area contributed by atoms with Gasteiger partial charge in [-0.25, -0.2) is 4.39 Å². The summed E-state index contributed by atoms with van der Waals surface area (Å²) in [5.41, 5.74) is 2.30. The van der Waals surface area contributed by atoms with Gasteiger partial charge in [0.25, 0.3) is 5.69 Å². The molecule has 2 aromatic carbocycles. The molecule has 0 aliphatic heterocycles. The van der Waals surface area contributed by atoms with Gasteiger partial charge in [0.05, 0.1) is 4.92 Å². The maximum atomic E-state index is 13.2. The van der Waals surface area contributed by atoms with Crippen LogP contribution in [0, 0.1) is 22.9 Å². The minimum absolute atomic E-state index is 0.0507. The smallest absolute Gasteiger partial charge is 0.269 e. The third-order valence-electron chi connectivity index (χ3n) is 2.66. The van der Waals surface area contributed by atoms with E-state index < -0.39 is 4.92 Å². The van der Waals surface area contributed by atoms with Crippen LogP contribution in [0.3, 0.4) is 0 Å². The Bertz CT molecular complexity index is 594. The molecule has 0 atom stereocenters. The van der Waals surface area contributed by atoms with Crippen LogP contribution in [0.25, 0.3) is 0 Å². The third-order valence-corrected chi connectivity index (χ3v) is 2.66. The lowest BCUT2D eigenvalue weighted by Gasteiger charge is -2.07. The lowest BCUT2D eigenvalue weighted by Crippen LogP contribution is -2.00.